The monoisotopic (exact) mass is 313 g/mol. The molecule has 0 spiro atoms. The second-order valence-corrected chi connectivity index (χ2v) is 6.27. The van der Waals surface area contributed by atoms with Gasteiger partial charge in [-0.1, -0.05) is 12.1 Å². The van der Waals surface area contributed by atoms with Crippen LogP contribution in [0.4, 0.5) is 5.69 Å². The molecule has 1 aromatic carbocycles. The van der Waals surface area contributed by atoms with Gasteiger partial charge in [-0.15, -0.1) is 0 Å². The van der Waals surface area contributed by atoms with Crippen LogP contribution in [0.25, 0.3) is 10.9 Å². The molecular formula is C18H23N3O2. The molecule has 2 N–H and O–H groups in total. The Bertz CT molecular complexity index is 730. The predicted molar refractivity (Wildman–Crippen MR) is 91.8 cm³/mol. The molecule has 3 rings (SSSR count). The van der Waals surface area contributed by atoms with Crippen molar-refractivity contribution in [1.82, 2.24) is 4.98 Å². The van der Waals surface area contributed by atoms with Crippen LogP contribution >= 0.6 is 0 Å². The molecule has 0 radical (unpaired) electrons. The van der Waals surface area contributed by atoms with Crippen LogP contribution in [0.1, 0.15) is 24.8 Å². The third-order valence-electron chi connectivity index (χ3n) is 4.56. The Balaban J connectivity index is 2.01. The summed E-state index contributed by atoms with van der Waals surface area (Å²) in [6, 6.07) is 6.02. The summed E-state index contributed by atoms with van der Waals surface area (Å²) in [5.74, 6) is 0.902. The lowest BCUT2D eigenvalue weighted by molar-refractivity contribution is -0.118. The fourth-order valence-corrected chi connectivity index (χ4v) is 3.59. The molecule has 23 heavy (non-hydrogen) atoms. The number of para-hydroxylation sites is 1. The van der Waals surface area contributed by atoms with E-state index in [9.17, 15) is 4.79 Å². The van der Waals surface area contributed by atoms with E-state index in [1.54, 1.807) is 7.11 Å². The summed E-state index contributed by atoms with van der Waals surface area (Å²) in [5.41, 5.74) is 8.61. The van der Waals surface area contributed by atoms with Crippen LogP contribution in [0, 0.1) is 12.8 Å². The molecule has 1 fully saturated rings. The van der Waals surface area contributed by atoms with Crippen LogP contribution in [-0.4, -0.2) is 31.1 Å². The molecular weight excluding hydrogens is 290 g/mol. The van der Waals surface area contributed by atoms with Crippen molar-refractivity contribution in [2.45, 2.75) is 26.2 Å². The molecule has 1 saturated heterocycles. The maximum atomic E-state index is 11.3. The van der Waals surface area contributed by atoms with Gasteiger partial charge in [-0.05, 0) is 37.3 Å². The number of primary amides is 1. The van der Waals surface area contributed by atoms with Crippen molar-refractivity contribution < 1.29 is 9.53 Å². The summed E-state index contributed by atoms with van der Waals surface area (Å²) >= 11 is 0. The minimum atomic E-state index is -0.213. The molecule has 122 valence electrons. The van der Waals surface area contributed by atoms with Gasteiger partial charge in [0.15, 0.2) is 0 Å². The van der Waals surface area contributed by atoms with Gasteiger partial charge in [0.1, 0.15) is 11.3 Å². The fourth-order valence-electron chi connectivity index (χ4n) is 3.59. The van der Waals surface area contributed by atoms with E-state index in [-0.39, 0.29) is 5.91 Å². The first-order valence-electron chi connectivity index (χ1n) is 8.05. The lowest BCUT2D eigenvalue weighted by atomic mass is 9.93. The highest BCUT2D eigenvalue weighted by Gasteiger charge is 2.24. The number of piperidine rings is 1. The van der Waals surface area contributed by atoms with Crippen LogP contribution in [0.3, 0.4) is 0 Å². The maximum Gasteiger partial charge on any atom is 0.217 e. The average Bonchev–Trinajstić information content (AvgIpc) is 2.53. The van der Waals surface area contributed by atoms with E-state index in [0.717, 1.165) is 48.1 Å². The Kier molecular flexibility index (Phi) is 4.37. The van der Waals surface area contributed by atoms with Crippen molar-refractivity contribution in [3.8, 4) is 5.75 Å². The third kappa shape index (κ3) is 3.09. The molecule has 2 aromatic rings. The molecule has 5 heteroatoms. The second-order valence-electron chi connectivity index (χ2n) is 6.27. The number of fused-ring (bicyclic) bond motifs is 1. The van der Waals surface area contributed by atoms with E-state index < -0.39 is 0 Å². The van der Waals surface area contributed by atoms with Gasteiger partial charge in [-0.25, -0.2) is 0 Å². The van der Waals surface area contributed by atoms with Crippen molar-refractivity contribution in [2.24, 2.45) is 11.7 Å². The Morgan fingerprint density at radius 2 is 2.30 bits per heavy atom. The van der Waals surface area contributed by atoms with Crippen molar-refractivity contribution >= 4 is 22.5 Å². The molecule has 5 nitrogen and oxygen atoms in total. The standard InChI is InChI=1S/C18H23N3O2/c1-12-10-20-17-14(6-3-7-15(17)23-2)18(12)21-8-4-5-13(11-21)9-16(19)22/h3,6-7,10,13H,4-5,8-9,11H2,1-2H3,(H2,19,22)/t13-/m0/s1. The van der Waals surface area contributed by atoms with E-state index in [2.05, 4.69) is 22.9 Å². The average molecular weight is 313 g/mol. The number of nitrogens with two attached hydrogens (primary N) is 1. The Morgan fingerprint density at radius 1 is 1.48 bits per heavy atom. The number of methoxy groups -OCH3 is 1. The molecule has 1 amide bonds. The van der Waals surface area contributed by atoms with Crippen LogP contribution < -0.4 is 15.4 Å². The number of carbonyl (C=O) groups is 1. The molecule has 1 aliphatic rings. The van der Waals surface area contributed by atoms with E-state index in [4.69, 9.17) is 10.5 Å². The number of nitrogens with zero attached hydrogens (tertiary/aromatic N) is 2. The number of hydrogen-bond donors (Lipinski definition) is 1. The van der Waals surface area contributed by atoms with Gasteiger partial charge in [-0.2, -0.15) is 0 Å². The number of ether oxygens (including phenoxy) is 1. The second kappa shape index (κ2) is 6.44. The van der Waals surface area contributed by atoms with Crippen LogP contribution in [0.2, 0.25) is 0 Å². The van der Waals surface area contributed by atoms with E-state index >= 15 is 0 Å². The normalized spacial score (nSPS) is 18.2. The number of aryl methyl sites for hydroxylation is 1. The van der Waals surface area contributed by atoms with Crippen LogP contribution in [0.5, 0.6) is 5.75 Å². The van der Waals surface area contributed by atoms with Gasteiger partial charge >= 0.3 is 0 Å². The maximum absolute atomic E-state index is 11.3. The molecule has 0 unspecified atom stereocenters. The van der Waals surface area contributed by atoms with Crippen molar-refractivity contribution in [1.29, 1.82) is 0 Å². The van der Waals surface area contributed by atoms with Gasteiger partial charge < -0.3 is 15.4 Å². The minimum absolute atomic E-state index is 0.213. The molecule has 1 atom stereocenters. The predicted octanol–water partition coefficient (Wildman–Crippen LogP) is 2.64. The lowest BCUT2D eigenvalue weighted by Gasteiger charge is -2.35. The third-order valence-corrected chi connectivity index (χ3v) is 4.56. The zero-order valence-corrected chi connectivity index (χ0v) is 13.7. The van der Waals surface area contributed by atoms with E-state index in [1.807, 2.05) is 18.3 Å². The van der Waals surface area contributed by atoms with Gasteiger partial charge in [0.25, 0.3) is 0 Å². The van der Waals surface area contributed by atoms with Crippen LogP contribution in [-0.2, 0) is 4.79 Å². The molecule has 0 aliphatic carbocycles. The molecule has 0 saturated carbocycles. The first kappa shape index (κ1) is 15.6. The van der Waals surface area contributed by atoms with Crippen molar-refractivity contribution in [3.05, 3.63) is 30.0 Å². The Hall–Kier alpha value is -2.30. The van der Waals surface area contributed by atoms with Crippen molar-refractivity contribution in [2.75, 3.05) is 25.1 Å². The number of rotatable bonds is 4. The highest BCUT2D eigenvalue weighted by molar-refractivity contribution is 5.96. The molecule has 1 aliphatic heterocycles. The van der Waals surface area contributed by atoms with Crippen molar-refractivity contribution in [3.63, 3.8) is 0 Å². The number of benzene rings is 1. The summed E-state index contributed by atoms with van der Waals surface area (Å²) in [6.07, 6.45) is 4.50. The van der Waals surface area contributed by atoms with Gasteiger partial charge in [-0.3, -0.25) is 9.78 Å². The summed E-state index contributed by atoms with van der Waals surface area (Å²) < 4.78 is 5.44. The van der Waals surface area contributed by atoms with Gasteiger partial charge in [0, 0.05) is 31.1 Å². The quantitative estimate of drug-likeness (QED) is 0.942. The smallest absolute Gasteiger partial charge is 0.217 e. The number of carbonyl (C=O) groups excluding carboxylic acids is 1. The summed E-state index contributed by atoms with van der Waals surface area (Å²) in [4.78, 5) is 18.2. The number of anilines is 1. The minimum Gasteiger partial charge on any atom is -0.494 e. The largest absolute Gasteiger partial charge is 0.494 e. The summed E-state index contributed by atoms with van der Waals surface area (Å²) in [5, 5.41) is 1.10. The number of amides is 1. The van der Waals surface area contributed by atoms with Gasteiger partial charge in [0.2, 0.25) is 5.91 Å². The van der Waals surface area contributed by atoms with E-state index in [0.29, 0.717) is 12.3 Å². The Morgan fingerprint density at radius 3 is 3.04 bits per heavy atom. The van der Waals surface area contributed by atoms with Gasteiger partial charge in [0.05, 0.1) is 12.8 Å². The zero-order valence-electron chi connectivity index (χ0n) is 13.7. The topological polar surface area (TPSA) is 68.5 Å². The first-order chi connectivity index (χ1) is 11.1. The lowest BCUT2D eigenvalue weighted by Crippen LogP contribution is -2.37. The summed E-state index contributed by atoms with van der Waals surface area (Å²) in [6.45, 7) is 3.94. The fraction of sp³-hybridized carbons (Fsp3) is 0.444. The number of aromatic nitrogens is 1. The zero-order chi connectivity index (χ0) is 16.4. The Labute approximate surface area is 136 Å². The first-order valence-corrected chi connectivity index (χ1v) is 8.05. The number of hydrogen-bond acceptors (Lipinski definition) is 4. The SMILES string of the molecule is COc1cccc2c(N3CCC[C@@H](CC(N)=O)C3)c(C)cnc12. The summed E-state index contributed by atoms with van der Waals surface area (Å²) in [7, 11) is 1.67. The molecule has 2 heterocycles. The molecule has 0 bridgehead atoms. The molecule has 1 aromatic heterocycles. The highest BCUT2D eigenvalue weighted by atomic mass is 16.5. The van der Waals surface area contributed by atoms with Crippen LogP contribution in [0.15, 0.2) is 24.4 Å². The number of pyridine rings is 1. The van der Waals surface area contributed by atoms with E-state index in [1.165, 1.54) is 5.69 Å². The highest BCUT2D eigenvalue weighted by Crippen LogP contribution is 2.36.